The molecule has 10 heteroatoms. The molecule has 36 heavy (non-hydrogen) atoms. The van der Waals surface area contributed by atoms with Crippen LogP contribution >= 0.6 is 7.95 Å². The van der Waals surface area contributed by atoms with Crippen LogP contribution in [0.5, 0.6) is 17.2 Å². The summed E-state index contributed by atoms with van der Waals surface area (Å²) in [5.41, 5.74) is 2.68. The molecular formula is C26H31NO8P+. The fourth-order valence-electron chi connectivity index (χ4n) is 3.91. The number of esters is 2. The lowest BCUT2D eigenvalue weighted by molar-refractivity contribution is -0.153. The number of benzene rings is 2. The van der Waals surface area contributed by atoms with Gasteiger partial charge in [-0.15, -0.1) is 0 Å². The Bertz CT molecular complexity index is 1180. The van der Waals surface area contributed by atoms with Crippen molar-refractivity contribution in [3.8, 4) is 17.2 Å². The van der Waals surface area contributed by atoms with Gasteiger partial charge in [0.2, 0.25) is 0 Å². The van der Waals surface area contributed by atoms with Crippen molar-refractivity contribution < 1.29 is 38.3 Å². The van der Waals surface area contributed by atoms with Gasteiger partial charge >= 0.3 is 19.9 Å². The Labute approximate surface area is 211 Å². The van der Waals surface area contributed by atoms with Gasteiger partial charge in [-0.25, -0.2) is 4.79 Å². The summed E-state index contributed by atoms with van der Waals surface area (Å²) in [5, 5.41) is 10.8. The van der Waals surface area contributed by atoms with Crippen LogP contribution in [-0.2, 0) is 31.9 Å². The maximum atomic E-state index is 13.3. The molecule has 1 aliphatic rings. The van der Waals surface area contributed by atoms with Gasteiger partial charge in [0, 0.05) is 11.1 Å². The smallest absolute Gasteiger partial charge is 0.475 e. The molecule has 9 nitrogen and oxygen atoms in total. The normalized spacial score (nSPS) is 14.2. The number of hydrogen-bond acceptors (Lipinski definition) is 8. The lowest BCUT2D eigenvalue weighted by Crippen LogP contribution is -2.38. The van der Waals surface area contributed by atoms with Gasteiger partial charge in [0.05, 0.1) is 18.6 Å². The number of phenols is 1. The standard InChI is InChI=1S/C26H30NO8P/c1-6-33-25(29)18(4)27(35-19-10-8-7-9-11-19)36(31)15-16(2)12-13-20-23(28)22-21(14-34-26(22)30)17(3)24(20)32-5/h7-12,18H,6,13-15H2,1-5H3/p+1. The number of para-hydroxylation sites is 1. The van der Waals surface area contributed by atoms with E-state index in [2.05, 4.69) is 0 Å². The third kappa shape index (κ3) is 5.86. The van der Waals surface area contributed by atoms with Gasteiger partial charge in [0.25, 0.3) is 0 Å². The summed E-state index contributed by atoms with van der Waals surface area (Å²) in [6.45, 7) is 7.16. The molecule has 0 radical (unpaired) electrons. The summed E-state index contributed by atoms with van der Waals surface area (Å²) in [7, 11) is -0.684. The number of carbonyl (C=O) groups excluding carboxylic acids is 2. The molecule has 2 atom stereocenters. The highest BCUT2D eigenvalue weighted by atomic mass is 31.1. The minimum absolute atomic E-state index is 0.0927. The first kappa shape index (κ1) is 27.2. The third-order valence-corrected chi connectivity index (χ3v) is 7.45. The van der Waals surface area contributed by atoms with E-state index in [4.69, 9.17) is 19.0 Å². The predicted octanol–water partition coefficient (Wildman–Crippen LogP) is 4.86. The molecule has 2 aromatic rings. The van der Waals surface area contributed by atoms with Crippen LogP contribution in [0, 0.1) is 6.92 Å². The molecule has 0 saturated heterocycles. The first-order valence-electron chi connectivity index (χ1n) is 11.6. The van der Waals surface area contributed by atoms with E-state index in [1.54, 1.807) is 51.1 Å². The summed E-state index contributed by atoms with van der Waals surface area (Å²) in [6.07, 6.45) is 2.13. The van der Waals surface area contributed by atoms with Crippen molar-refractivity contribution in [1.82, 2.24) is 4.83 Å². The lowest BCUT2D eigenvalue weighted by Gasteiger charge is -2.18. The van der Waals surface area contributed by atoms with Crippen molar-refractivity contribution in [2.24, 2.45) is 0 Å². The van der Waals surface area contributed by atoms with Crippen LogP contribution in [-0.4, -0.2) is 47.8 Å². The molecule has 1 aliphatic heterocycles. The minimum Gasteiger partial charge on any atom is -0.507 e. The van der Waals surface area contributed by atoms with Gasteiger partial charge in [-0.1, -0.05) is 24.3 Å². The molecule has 0 saturated carbocycles. The maximum absolute atomic E-state index is 13.3. The Morgan fingerprint density at radius 3 is 2.64 bits per heavy atom. The minimum atomic E-state index is -2.18. The Morgan fingerprint density at radius 2 is 2.00 bits per heavy atom. The number of allylic oxidation sites excluding steroid dienone is 2. The monoisotopic (exact) mass is 516 g/mol. The van der Waals surface area contributed by atoms with Crippen molar-refractivity contribution >= 4 is 19.9 Å². The molecule has 0 bridgehead atoms. The van der Waals surface area contributed by atoms with Crippen LogP contribution in [0.25, 0.3) is 0 Å². The van der Waals surface area contributed by atoms with E-state index in [-0.39, 0.29) is 37.1 Å². The largest absolute Gasteiger partial charge is 0.507 e. The molecule has 3 rings (SSSR count). The molecular weight excluding hydrogens is 485 g/mol. The van der Waals surface area contributed by atoms with Gasteiger partial charge in [0.15, 0.2) is 18.0 Å². The Balaban J connectivity index is 1.82. The van der Waals surface area contributed by atoms with E-state index >= 15 is 0 Å². The number of methoxy groups -OCH3 is 1. The number of rotatable bonds is 11. The van der Waals surface area contributed by atoms with Gasteiger partial charge in [-0.05, 0) is 62.0 Å². The highest BCUT2D eigenvalue weighted by Crippen LogP contribution is 2.42. The number of nitrogens with zero attached hydrogens (tertiary/aromatic N) is 1. The van der Waals surface area contributed by atoms with Crippen LogP contribution in [0.4, 0.5) is 0 Å². The van der Waals surface area contributed by atoms with Crippen molar-refractivity contribution in [3.63, 3.8) is 0 Å². The van der Waals surface area contributed by atoms with Crippen LogP contribution in [0.1, 0.15) is 47.8 Å². The van der Waals surface area contributed by atoms with Gasteiger partial charge in [-0.3, -0.25) is 4.79 Å². The third-order valence-electron chi connectivity index (χ3n) is 5.81. The van der Waals surface area contributed by atoms with Crippen LogP contribution < -0.4 is 9.57 Å². The summed E-state index contributed by atoms with van der Waals surface area (Å²) < 4.78 is 29.0. The number of phenolic OH excluding ortho intramolecular Hbond substituents is 1. The molecule has 0 amide bonds. The molecule has 0 spiro atoms. The van der Waals surface area contributed by atoms with Crippen molar-refractivity contribution in [2.45, 2.75) is 46.8 Å². The highest BCUT2D eigenvalue weighted by molar-refractivity contribution is 7.42. The zero-order valence-electron chi connectivity index (χ0n) is 21.1. The molecule has 0 fully saturated rings. The topological polar surface area (TPSA) is 112 Å². The number of ether oxygens (including phenoxy) is 3. The van der Waals surface area contributed by atoms with Crippen molar-refractivity contribution in [3.05, 3.63) is 64.2 Å². The second kappa shape index (κ2) is 12.0. The van der Waals surface area contributed by atoms with E-state index < -0.39 is 25.9 Å². The van der Waals surface area contributed by atoms with Crippen molar-refractivity contribution in [2.75, 3.05) is 19.9 Å². The summed E-state index contributed by atoms with van der Waals surface area (Å²) in [4.78, 5) is 31.5. The lowest BCUT2D eigenvalue weighted by atomic mass is 9.95. The van der Waals surface area contributed by atoms with E-state index in [1.165, 1.54) is 7.11 Å². The Kier molecular flexibility index (Phi) is 9.07. The fourth-order valence-corrected chi connectivity index (χ4v) is 5.27. The second-order valence-corrected chi connectivity index (χ2v) is 9.73. The predicted molar refractivity (Wildman–Crippen MR) is 133 cm³/mol. The van der Waals surface area contributed by atoms with Gasteiger partial charge in [-0.2, -0.15) is 0 Å². The Morgan fingerprint density at radius 1 is 1.31 bits per heavy atom. The van der Waals surface area contributed by atoms with E-state index in [0.29, 0.717) is 22.6 Å². The van der Waals surface area contributed by atoms with Crippen LogP contribution in [0.2, 0.25) is 0 Å². The van der Waals surface area contributed by atoms with E-state index in [9.17, 15) is 19.3 Å². The number of fused-ring (bicyclic) bond motifs is 1. The van der Waals surface area contributed by atoms with E-state index in [0.717, 1.165) is 16.0 Å². The zero-order chi connectivity index (χ0) is 26.4. The molecule has 0 aliphatic carbocycles. The van der Waals surface area contributed by atoms with Gasteiger partial charge < -0.3 is 24.2 Å². The average molecular weight is 517 g/mol. The average Bonchev–Trinajstić information content (AvgIpc) is 3.26. The quantitative estimate of drug-likeness (QED) is 0.194. The second-order valence-electron chi connectivity index (χ2n) is 8.31. The summed E-state index contributed by atoms with van der Waals surface area (Å²) in [5.74, 6) is -0.376. The Hall–Kier alpha value is -3.42. The van der Waals surface area contributed by atoms with Crippen LogP contribution in [0.15, 0.2) is 42.0 Å². The van der Waals surface area contributed by atoms with E-state index in [1.807, 2.05) is 13.0 Å². The summed E-state index contributed by atoms with van der Waals surface area (Å²) >= 11 is 0. The number of hydrogen-bond donors (Lipinski definition) is 1. The first-order chi connectivity index (χ1) is 17.2. The molecule has 192 valence electrons. The molecule has 1 heterocycles. The van der Waals surface area contributed by atoms with Crippen LogP contribution in [0.3, 0.4) is 0 Å². The number of cyclic esters (lactones) is 1. The fraction of sp³-hybridized carbons (Fsp3) is 0.385. The molecule has 2 unspecified atom stereocenters. The number of carbonyl (C=O) groups is 2. The molecule has 1 N–H and O–H groups in total. The van der Waals surface area contributed by atoms with Gasteiger partial charge in [0.1, 0.15) is 23.7 Å². The SMILES string of the molecule is CCOC(=O)C(C)N(Oc1ccccc1)[P+](=O)CC(C)=CCc1c(O)c2c(c(C)c1OC)COC2=O. The molecule has 2 aromatic carbocycles. The maximum Gasteiger partial charge on any atom is 0.475 e. The summed E-state index contributed by atoms with van der Waals surface area (Å²) in [6, 6.07) is 7.86. The number of aromatic hydroxyl groups is 1. The first-order valence-corrected chi connectivity index (χ1v) is 13.0. The highest BCUT2D eigenvalue weighted by Gasteiger charge is 2.40. The number of hydroxylamine groups is 1. The van der Waals surface area contributed by atoms with Crippen molar-refractivity contribution in [1.29, 1.82) is 0 Å². The zero-order valence-corrected chi connectivity index (χ0v) is 22.0. The molecule has 0 aromatic heterocycles.